The predicted octanol–water partition coefficient (Wildman–Crippen LogP) is 3.20. The lowest BCUT2D eigenvalue weighted by atomic mass is 9.76. The first-order chi connectivity index (χ1) is 19.9. The van der Waals surface area contributed by atoms with Crippen molar-refractivity contribution in [1.29, 1.82) is 0 Å². The van der Waals surface area contributed by atoms with Crippen LogP contribution in [-0.4, -0.2) is 90.4 Å². The summed E-state index contributed by atoms with van der Waals surface area (Å²) in [6.07, 6.45) is 4.78. The number of allylic oxidation sites excluding steroid dienone is 1. The van der Waals surface area contributed by atoms with E-state index in [0.29, 0.717) is 24.3 Å². The molecular weight excluding hydrogens is 520 g/mol. The molecule has 0 N–H and O–H groups in total. The van der Waals surface area contributed by atoms with Crippen molar-refractivity contribution in [3.8, 4) is 0 Å². The van der Waals surface area contributed by atoms with Crippen molar-refractivity contribution in [2.45, 2.75) is 63.0 Å². The maximum atomic E-state index is 12.9. The largest absolute Gasteiger partial charge is 0.449 e. The molecule has 8 heterocycles. The summed E-state index contributed by atoms with van der Waals surface area (Å²) in [6.45, 7) is 11.6. The van der Waals surface area contributed by atoms with Crippen molar-refractivity contribution < 1.29 is 23.7 Å². The topological polar surface area (TPSA) is 86.2 Å². The van der Waals surface area contributed by atoms with E-state index in [0.717, 1.165) is 100 Å². The number of aryl methyl sites for hydroxylation is 1. The Hall–Kier alpha value is -2.69. The fourth-order valence-corrected chi connectivity index (χ4v) is 7.64. The van der Waals surface area contributed by atoms with Crippen molar-refractivity contribution in [2.75, 3.05) is 52.6 Å². The molecule has 0 bridgehead atoms. The van der Waals surface area contributed by atoms with Gasteiger partial charge >= 0.3 is 5.97 Å². The van der Waals surface area contributed by atoms with Gasteiger partial charge in [-0.1, -0.05) is 12.1 Å². The minimum Gasteiger partial charge on any atom is -0.449 e. The van der Waals surface area contributed by atoms with Crippen LogP contribution in [0.3, 0.4) is 0 Å². The standard InChI is InChI=1S/C32H38N4O5/c1-20(27-6-5-26-29(34-27)31(41-30(26)37)7-10-35(11-8-31)24-16-38-17-24)13-23-14-36(25-18-39-19-25)12-9-32(23)28-22(15-40-32)4-3-21(2)33-28/h3-6,13,23-25H,7-12,14-19H2,1-2H3. The third-order valence-electron chi connectivity index (χ3n) is 10.4. The zero-order valence-electron chi connectivity index (χ0n) is 23.9. The van der Waals surface area contributed by atoms with Crippen LogP contribution in [0.1, 0.15) is 64.9 Å². The van der Waals surface area contributed by atoms with Crippen LogP contribution in [-0.2, 0) is 36.8 Å². The summed E-state index contributed by atoms with van der Waals surface area (Å²) in [5.74, 6) is -0.134. The Bertz CT molecular complexity index is 1410. The van der Waals surface area contributed by atoms with Crippen LogP contribution in [0.5, 0.6) is 0 Å². The molecule has 2 aromatic heterocycles. The molecule has 2 aromatic rings. The number of carbonyl (C=O) groups is 1. The lowest BCUT2D eigenvalue weighted by molar-refractivity contribution is -0.140. The number of piperidine rings is 2. The Kier molecular flexibility index (Phi) is 6.13. The molecule has 6 aliphatic heterocycles. The highest BCUT2D eigenvalue weighted by molar-refractivity contribution is 5.94. The zero-order valence-corrected chi connectivity index (χ0v) is 23.9. The van der Waals surface area contributed by atoms with Gasteiger partial charge in [0, 0.05) is 56.2 Å². The molecule has 0 aliphatic carbocycles. The molecule has 41 heavy (non-hydrogen) atoms. The molecule has 4 saturated heterocycles. The zero-order chi connectivity index (χ0) is 27.8. The number of carbonyl (C=O) groups excluding carboxylic acids is 1. The van der Waals surface area contributed by atoms with E-state index in [1.807, 2.05) is 12.1 Å². The van der Waals surface area contributed by atoms with Crippen LogP contribution in [0.4, 0.5) is 0 Å². The molecule has 6 aliphatic rings. The summed E-state index contributed by atoms with van der Waals surface area (Å²) in [6, 6.07) is 9.10. The molecule has 216 valence electrons. The van der Waals surface area contributed by atoms with Crippen LogP contribution in [0, 0.1) is 12.8 Å². The molecule has 0 aromatic carbocycles. The van der Waals surface area contributed by atoms with E-state index < -0.39 is 11.2 Å². The summed E-state index contributed by atoms with van der Waals surface area (Å²) >= 11 is 0. The number of likely N-dealkylation sites (tertiary alicyclic amines) is 2. The van der Waals surface area contributed by atoms with E-state index in [4.69, 9.17) is 28.9 Å². The molecule has 0 saturated carbocycles. The van der Waals surface area contributed by atoms with E-state index in [-0.39, 0.29) is 11.9 Å². The average molecular weight is 559 g/mol. The second-order valence-electron chi connectivity index (χ2n) is 12.7. The molecule has 4 fully saturated rings. The van der Waals surface area contributed by atoms with Crippen molar-refractivity contribution >= 4 is 11.5 Å². The maximum Gasteiger partial charge on any atom is 0.341 e. The van der Waals surface area contributed by atoms with Gasteiger partial charge in [0.25, 0.3) is 0 Å². The van der Waals surface area contributed by atoms with E-state index in [1.165, 1.54) is 5.56 Å². The summed E-state index contributed by atoms with van der Waals surface area (Å²) < 4.78 is 23.7. The van der Waals surface area contributed by atoms with Gasteiger partial charge in [-0.15, -0.1) is 0 Å². The van der Waals surface area contributed by atoms with E-state index >= 15 is 0 Å². The van der Waals surface area contributed by atoms with Gasteiger partial charge in [-0.25, -0.2) is 9.78 Å². The van der Waals surface area contributed by atoms with Crippen LogP contribution >= 0.6 is 0 Å². The smallest absolute Gasteiger partial charge is 0.341 e. The quantitative estimate of drug-likeness (QED) is 0.525. The highest BCUT2D eigenvalue weighted by atomic mass is 16.6. The van der Waals surface area contributed by atoms with Crippen molar-refractivity contribution in [3.05, 3.63) is 64.2 Å². The van der Waals surface area contributed by atoms with Gasteiger partial charge in [0.05, 0.1) is 67.8 Å². The number of hydrogen-bond donors (Lipinski definition) is 0. The number of esters is 1. The number of fused-ring (bicyclic) bond motifs is 4. The van der Waals surface area contributed by atoms with E-state index in [1.54, 1.807) is 0 Å². The average Bonchev–Trinajstić information content (AvgIpc) is 3.40. The van der Waals surface area contributed by atoms with E-state index in [9.17, 15) is 4.79 Å². The van der Waals surface area contributed by atoms with Gasteiger partial charge in [-0.05, 0) is 44.0 Å². The Balaban J connectivity index is 1.12. The fraction of sp³-hybridized carbons (Fsp3) is 0.594. The number of aromatic nitrogens is 2. The fourth-order valence-electron chi connectivity index (χ4n) is 7.64. The number of ether oxygens (including phenoxy) is 4. The molecule has 2 atom stereocenters. The highest BCUT2D eigenvalue weighted by Gasteiger charge is 2.52. The summed E-state index contributed by atoms with van der Waals surface area (Å²) in [5, 5.41) is 0. The lowest BCUT2D eigenvalue weighted by Gasteiger charge is -2.48. The Labute approximate surface area is 240 Å². The van der Waals surface area contributed by atoms with Crippen LogP contribution in [0.15, 0.2) is 30.3 Å². The third kappa shape index (κ3) is 4.12. The number of nitrogens with zero attached hydrogens (tertiary/aromatic N) is 4. The van der Waals surface area contributed by atoms with Crippen molar-refractivity contribution in [3.63, 3.8) is 0 Å². The Morgan fingerprint density at radius 1 is 0.927 bits per heavy atom. The van der Waals surface area contributed by atoms with Crippen molar-refractivity contribution in [1.82, 2.24) is 19.8 Å². The van der Waals surface area contributed by atoms with Crippen LogP contribution in [0.25, 0.3) is 5.57 Å². The maximum absolute atomic E-state index is 12.9. The van der Waals surface area contributed by atoms with Gasteiger partial charge < -0.3 is 18.9 Å². The van der Waals surface area contributed by atoms with E-state index in [2.05, 4.69) is 41.9 Å². The van der Waals surface area contributed by atoms with Crippen LogP contribution < -0.4 is 0 Å². The van der Waals surface area contributed by atoms with Gasteiger partial charge in [-0.3, -0.25) is 14.8 Å². The second-order valence-corrected chi connectivity index (χ2v) is 12.7. The molecule has 0 amide bonds. The van der Waals surface area contributed by atoms with Crippen molar-refractivity contribution in [2.24, 2.45) is 5.92 Å². The predicted molar refractivity (Wildman–Crippen MR) is 150 cm³/mol. The first-order valence-electron chi connectivity index (χ1n) is 15.1. The first-order valence-corrected chi connectivity index (χ1v) is 15.1. The monoisotopic (exact) mass is 558 g/mol. The molecule has 9 heteroatoms. The number of pyridine rings is 2. The summed E-state index contributed by atoms with van der Waals surface area (Å²) in [5.41, 5.74) is 5.64. The molecular formula is C32H38N4O5. The highest BCUT2D eigenvalue weighted by Crippen LogP contribution is 2.49. The van der Waals surface area contributed by atoms with Gasteiger partial charge in [0.1, 0.15) is 5.60 Å². The SMILES string of the molecule is CC(=CC1CN(C2COC2)CCC12OCc1ccc(C)nc12)c1ccc2c(n1)C1(CCN(C3COC3)CC1)OC2=O. The number of rotatable bonds is 4. The van der Waals surface area contributed by atoms with Gasteiger partial charge in [-0.2, -0.15) is 0 Å². The molecule has 9 nitrogen and oxygen atoms in total. The normalized spacial score (nSPS) is 30.2. The van der Waals surface area contributed by atoms with Gasteiger partial charge in [0.15, 0.2) is 5.60 Å². The number of hydrogen-bond acceptors (Lipinski definition) is 9. The Morgan fingerprint density at radius 2 is 1.66 bits per heavy atom. The summed E-state index contributed by atoms with van der Waals surface area (Å²) in [4.78, 5) is 28.1. The molecule has 0 radical (unpaired) electrons. The minimum absolute atomic E-state index is 0.113. The molecule has 8 rings (SSSR count). The molecule has 2 unspecified atom stereocenters. The van der Waals surface area contributed by atoms with Crippen LogP contribution in [0.2, 0.25) is 0 Å². The Morgan fingerprint density at radius 3 is 2.39 bits per heavy atom. The molecule has 2 spiro atoms. The first kappa shape index (κ1) is 26.0. The van der Waals surface area contributed by atoms with Gasteiger partial charge in [0.2, 0.25) is 0 Å². The third-order valence-corrected chi connectivity index (χ3v) is 10.4. The summed E-state index contributed by atoms with van der Waals surface area (Å²) in [7, 11) is 0. The lowest BCUT2D eigenvalue weighted by Crippen LogP contribution is -2.57. The minimum atomic E-state index is -0.633. The second kappa shape index (κ2) is 9.67.